The number of amides is 2. The van der Waals surface area contributed by atoms with Crippen molar-refractivity contribution < 1.29 is 14.0 Å². The third kappa shape index (κ3) is 4.70. The van der Waals surface area contributed by atoms with E-state index >= 15 is 0 Å². The van der Waals surface area contributed by atoms with Crippen LogP contribution in [0.25, 0.3) is 0 Å². The van der Waals surface area contributed by atoms with E-state index in [1.54, 1.807) is 12.1 Å². The molecule has 1 fully saturated rings. The summed E-state index contributed by atoms with van der Waals surface area (Å²) in [6, 6.07) is 11.3. The van der Waals surface area contributed by atoms with Crippen LogP contribution in [-0.2, 0) is 0 Å². The number of rotatable bonds is 6. The molecule has 1 unspecified atom stereocenters. The molecule has 0 aliphatic carbocycles. The van der Waals surface area contributed by atoms with Crippen molar-refractivity contribution in [3.05, 3.63) is 54.0 Å². The van der Waals surface area contributed by atoms with Crippen molar-refractivity contribution in [2.24, 2.45) is 0 Å². The number of nitrogens with zero attached hydrogens (tertiary/aromatic N) is 1. The molecule has 1 aliphatic rings. The van der Waals surface area contributed by atoms with Gasteiger partial charge in [-0.3, -0.25) is 9.59 Å². The highest BCUT2D eigenvalue weighted by molar-refractivity contribution is 6.00. The zero-order valence-electron chi connectivity index (χ0n) is 15.9. The van der Waals surface area contributed by atoms with Crippen LogP contribution in [0.3, 0.4) is 0 Å². The van der Waals surface area contributed by atoms with E-state index in [0.29, 0.717) is 11.3 Å². The van der Waals surface area contributed by atoms with E-state index in [1.165, 1.54) is 6.26 Å². The monoisotopic (exact) mass is 369 g/mol. The molecule has 1 atom stereocenters. The molecular formula is C21H27N3O3. The Balaban J connectivity index is 1.61. The summed E-state index contributed by atoms with van der Waals surface area (Å²) in [4.78, 5) is 27.0. The van der Waals surface area contributed by atoms with Crippen LogP contribution in [0.15, 0.2) is 47.1 Å². The predicted molar refractivity (Wildman–Crippen MR) is 105 cm³/mol. The summed E-state index contributed by atoms with van der Waals surface area (Å²) in [6.45, 7) is 5.64. The Bertz CT molecular complexity index is 765. The number of carbonyl (C=O) groups excluding carboxylic acids is 2. The van der Waals surface area contributed by atoms with Gasteiger partial charge in [0, 0.05) is 30.9 Å². The quantitative estimate of drug-likeness (QED) is 0.820. The number of anilines is 1. The van der Waals surface area contributed by atoms with Gasteiger partial charge in [0.05, 0.1) is 11.8 Å². The summed E-state index contributed by atoms with van der Waals surface area (Å²) in [6.07, 6.45) is 4.05. The summed E-state index contributed by atoms with van der Waals surface area (Å²) >= 11 is 0. The third-order valence-electron chi connectivity index (χ3n) is 5.05. The van der Waals surface area contributed by atoms with Crippen LogP contribution in [0.5, 0.6) is 0 Å². The molecule has 3 rings (SSSR count). The minimum atomic E-state index is -0.174. The minimum Gasteiger partial charge on any atom is -0.459 e. The topological polar surface area (TPSA) is 74.6 Å². The molecule has 0 spiro atoms. The Morgan fingerprint density at radius 2 is 1.89 bits per heavy atom. The maximum absolute atomic E-state index is 12.6. The van der Waals surface area contributed by atoms with Crippen LogP contribution < -0.4 is 15.5 Å². The molecule has 2 amide bonds. The Hall–Kier alpha value is -2.76. The zero-order valence-corrected chi connectivity index (χ0v) is 15.9. The highest BCUT2D eigenvalue weighted by Gasteiger charge is 2.24. The Morgan fingerprint density at radius 1 is 1.15 bits per heavy atom. The number of hydrogen-bond acceptors (Lipinski definition) is 4. The lowest BCUT2D eigenvalue weighted by molar-refractivity contribution is 0.0902. The number of benzene rings is 1. The largest absolute Gasteiger partial charge is 0.459 e. The van der Waals surface area contributed by atoms with E-state index in [9.17, 15) is 9.59 Å². The molecule has 0 bridgehead atoms. The molecule has 1 saturated heterocycles. The summed E-state index contributed by atoms with van der Waals surface area (Å²) < 4.78 is 5.14. The van der Waals surface area contributed by atoms with Gasteiger partial charge < -0.3 is 20.0 Å². The van der Waals surface area contributed by atoms with Crippen molar-refractivity contribution in [1.82, 2.24) is 10.6 Å². The fraction of sp³-hybridized carbons (Fsp3) is 0.429. The van der Waals surface area contributed by atoms with Crippen molar-refractivity contribution >= 4 is 17.5 Å². The first kappa shape index (κ1) is 19.0. The predicted octanol–water partition coefficient (Wildman–Crippen LogP) is 3.21. The standard InChI is InChI=1S/C21H27N3O3/c1-3-15(2)22-20(25)17-7-4-5-8-18(17)24-12-10-16(11-13-24)23-21(26)19-9-6-14-27-19/h4-9,14-16H,3,10-13H2,1-2H3,(H,22,25)(H,23,26). The van der Waals surface area contributed by atoms with Crippen LogP contribution in [0, 0.1) is 0 Å². The van der Waals surface area contributed by atoms with Gasteiger partial charge in [0.1, 0.15) is 0 Å². The van der Waals surface area contributed by atoms with Gasteiger partial charge in [-0.25, -0.2) is 0 Å². The van der Waals surface area contributed by atoms with Crippen molar-refractivity contribution in [2.75, 3.05) is 18.0 Å². The Morgan fingerprint density at radius 3 is 2.56 bits per heavy atom. The second kappa shape index (κ2) is 8.75. The molecule has 6 heteroatoms. The summed E-state index contributed by atoms with van der Waals surface area (Å²) in [5.41, 5.74) is 1.66. The normalized spacial score (nSPS) is 16.0. The molecule has 27 heavy (non-hydrogen) atoms. The number of hydrogen-bond donors (Lipinski definition) is 2. The molecule has 144 valence electrons. The molecule has 2 heterocycles. The minimum absolute atomic E-state index is 0.0341. The van der Waals surface area contributed by atoms with Gasteiger partial charge in [-0.1, -0.05) is 19.1 Å². The van der Waals surface area contributed by atoms with Crippen LogP contribution >= 0.6 is 0 Å². The Labute approximate surface area is 159 Å². The highest BCUT2D eigenvalue weighted by atomic mass is 16.3. The van der Waals surface area contributed by atoms with Gasteiger partial charge in [0.2, 0.25) is 0 Å². The molecule has 1 aromatic carbocycles. The van der Waals surface area contributed by atoms with Gasteiger partial charge in [-0.2, -0.15) is 0 Å². The zero-order chi connectivity index (χ0) is 19.2. The van der Waals surface area contributed by atoms with Crippen molar-refractivity contribution in [2.45, 2.75) is 45.2 Å². The smallest absolute Gasteiger partial charge is 0.287 e. The van der Waals surface area contributed by atoms with Crippen LogP contribution in [0.4, 0.5) is 5.69 Å². The molecule has 6 nitrogen and oxygen atoms in total. The summed E-state index contributed by atoms with van der Waals surface area (Å²) in [5, 5.41) is 6.07. The first-order chi connectivity index (χ1) is 13.1. The molecule has 2 aromatic rings. The van der Waals surface area contributed by atoms with E-state index in [0.717, 1.165) is 38.0 Å². The molecule has 2 N–H and O–H groups in total. The average Bonchev–Trinajstić information content (AvgIpc) is 3.23. The molecule has 0 saturated carbocycles. The molecular weight excluding hydrogens is 342 g/mol. The lowest BCUT2D eigenvalue weighted by Gasteiger charge is -2.34. The molecule has 0 radical (unpaired) electrons. The lowest BCUT2D eigenvalue weighted by Crippen LogP contribution is -2.45. The van der Waals surface area contributed by atoms with Crippen LogP contribution in [-0.4, -0.2) is 37.0 Å². The van der Waals surface area contributed by atoms with Gasteiger partial charge in [-0.05, 0) is 50.5 Å². The second-order valence-electron chi connectivity index (χ2n) is 7.01. The van der Waals surface area contributed by atoms with E-state index in [2.05, 4.69) is 22.5 Å². The van der Waals surface area contributed by atoms with Gasteiger partial charge in [-0.15, -0.1) is 0 Å². The van der Waals surface area contributed by atoms with E-state index < -0.39 is 0 Å². The lowest BCUT2D eigenvalue weighted by atomic mass is 10.0. The summed E-state index contributed by atoms with van der Waals surface area (Å²) in [7, 11) is 0. The van der Waals surface area contributed by atoms with Crippen molar-refractivity contribution in [1.29, 1.82) is 0 Å². The fourth-order valence-electron chi connectivity index (χ4n) is 3.27. The average molecular weight is 369 g/mol. The van der Waals surface area contributed by atoms with E-state index in [-0.39, 0.29) is 23.9 Å². The summed E-state index contributed by atoms with van der Waals surface area (Å²) in [5.74, 6) is 0.129. The number of para-hydroxylation sites is 1. The third-order valence-corrected chi connectivity index (χ3v) is 5.05. The second-order valence-corrected chi connectivity index (χ2v) is 7.01. The van der Waals surface area contributed by atoms with E-state index in [1.807, 2.05) is 31.2 Å². The number of nitrogens with one attached hydrogen (secondary N) is 2. The van der Waals surface area contributed by atoms with E-state index in [4.69, 9.17) is 4.42 Å². The number of furan rings is 1. The van der Waals surface area contributed by atoms with Gasteiger partial charge in [0.25, 0.3) is 11.8 Å². The van der Waals surface area contributed by atoms with Gasteiger partial charge in [0.15, 0.2) is 5.76 Å². The molecule has 1 aliphatic heterocycles. The van der Waals surface area contributed by atoms with Crippen LogP contribution in [0.1, 0.15) is 54.0 Å². The molecule has 1 aromatic heterocycles. The number of piperidine rings is 1. The first-order valence-electron chi connectivity index (χ1n) is 9.57. The van der Waals surface area contributed by atoms with Crippen molar-refractivity contribution in [3.8, 4) is 0 Å². The number of carbonyl (C=O) groups is 2. The first-order valence-corrected chi connectivity index (χ1v) is 9.57. The van der Waals surface area contributed by atoms with Crippen molar-refractivity contribution in [3.63, 3.8) is 0 Å². The maximum atomic E-state index is 12.6. The van der Waals surface area contributed by atoms with Gasteiger partial charge >= 0.3 is 0 Å². The highest BCUT2D eigenvalue weighted by Crippen LogP contribution is 2.24. The fourth-order valence-corrected chi connectivity index (χ4v) is 3.27. The van der Waals surface area contributed by atoms with Crippen LogP contribution in [0.2, 0.25) is 0 Å². The SMILES string of the molecule is CCC(C)NC(=O)c1ccccc1N1CCC(NC(=O)c2ccco2)CC1. The maximum Gasteiger partial charge on any atom is 0.287 e. The Kier molecular flexibility index (Phi) is 6.16.